The second kappa shape index (κ2) is 9.76. The van der Waals surface area contributed by atoms with E-state index < -0.39 is 0 Å². The zero-order valence-corrected chi connectivity index (χ0v) is 8.60. The molecular formula is C9H13NTi. The fourth-order valence-corrected chi connectivity index (χ4v) is 0.478. The zero-order valence-electron chi connectivity index (χ0n) is 7.04. The van der Waals surface area contributed by atoms with E-state index in [9.17, 15) is 0 Å². The van der Waals surface area contributed by atoms with Gasteiger partial charge in [-0.05, 0) is 0 Å². The van der Waals surface area contributed by atoms with E-state index >= 15 is 0 Å². The molecule has 0 aromatic heterocycles. The maximum atomic E-state index is 3.72. The van der Waals surface area contributed by atoms with Crippen molar-refractivity contribution in [3.8, 4) is 0 Å². The second-order valence-corrected chi connectivity index (χ2v) is 1.93. The molecule has 1 aromatic rings. The topological polar surface area (TPSA) is 14.1 Å². The molecule has 0 atom stereocenters. The largest absolute Gasteiger partial charge is 2.00 e. The van der Waals surface area contributed by atoms with Crippen LogP contribution in [0.25, 0.3) is 5.32 Å². The van der Waals surface area contributed by atoms with Crippen molar-refractivity contribution in [3.05, 3.63) is 48.1 Å². The van der Waals surface area contributed by atoms with Crippen molar-refractivity contribution < 1.29 is 21.7 Å². The fourth-order valence-electron chi connectivity index (χ4n) is 0.478. The molecule has 1 rings (SSSR count). The maximum Gasteiger partial charge on any atom is 2.00 e. The molecule has 11 heavy (non-hydrogen) atoms. The summed E-state index contributed by atoms with van der Waals surface area (Å²) in [4.78, 5) is 0. The predicted molar refractivity (Wildman–Crippen MR) is 46.1 cm³/mol. The zero-order chi connectivity index (χ0) is 7.82. The molecule has 0 aliphatic carbocycles. The van der Waals surface area contributed by atoms with Gasteiger partial charge in [-0.3, -0.25) is 0 Å². The summed E-state index contributed by atoms with van der Waals surface area (Å²) >= 11 is 0. The monoisotopic (exact) mass is 183 g/mol. The van der Waals surface area contributed by atoms with E-state index in [0.717, 1.165) is 5.56 Å². The van der Waals surface area contributed by atoms with Crippen LogP contribution in [0.4, 0.5) is 0 Å². The van der Waals surface area contributed by atoms with Crippen molar-refractivity contribution in [2.75, 3.05) is 14.1 Å². The molecule has 0 unspecified atom stereocenters. The minimum atomic E-state index is 0. The van der Waals surface area contributed by atoms with Crippen LogP contribution < -0.4 is 0 Å². The van der Waals surface area contributed by atoms with Gasteiger partial charge in [0, 0.05) is 0 Å². The molecule has 0 bridgehead atoms. The Balaban J connectivity index is 0. The summed E-state index contributed by atoms with van der Waals surface area (Å²) in [5, 5.41) is 3.50. The van der Waals surface area contributed by atoms with Crippen LogP contribution >= 0.6 is 0 Å². The van der Waals surface area contributed by atoms with Crippen LogP contribution in [0.5, 0.6) is 0 Å². The van der Waals surface area contributed by atoms with Gasteiger partial charge in [0.15, 0.2) is 0 Å². The number of benzene rings is 1. The van der Waals surface area contributed by atoms with Crippen LogP contribution in [-0.2, 0) is 21.7 Å². The molecule has 0 aliphatic heterocycles. The molecule has 1 aromatic carbocycles. The molecule has 0 radical (unpaired) electrons. The molecule has 0 amide bonds. The van der Waals surface area contributed by atoms with Gasteiger partial charge in [0.05, 0.1) is 0 Å². The van der Waals surface area contributed by atoms with Gasteiger partial charge in [-0.25, -0.2) is 0 Å². The minimum absolute atomic E-state index is 0. The fraction of sp³-hybridized carbons (Fsp3) is 0.222. The summed E-state index contributed by atoms with van der Waals surface area (Å²) in [5.41, 5.74) is 1.07. The third kappa shape index (κ3) is 9.76. The van der Waals surface area contributed by atoms with Crippen molar-refractivity contribution in [1.29, 1.82) is 0 Å². The molecule has 0 heterocycles. The second-order valence-electron chi connectivity index (χ2n) is 1.93. The van der Waals surface area contributed by atoms with Gasteiger partial charge in [0.2, 0.25) is 0 Å². The van der Waals surface area contributed by atoms with Crippen molar-refractivity contribution in [3.63, 3.8) is 0 Å². The average molecular weight is 183 g/mol. The van der Waals surface area contributed by atoms with E-state index in [-0.39, 0.29) is 21.7 Å². The van der Waals surface area contributed by atoms with E-state index in [4.69, 9.17) is 0 Å². The normalized spacial score (nSPS) is 7.09. The van der Waals surface area contributed by atoms with Crippen LogP contribution in [0.2, 0.25) is 0 Å². The Morgan fingerprint density at radius 3 is 1.64 bits per heavy atom. The molecule has 0 fully saturated rings. The third-order valence-electron chi connectivity index (χ3n) is 0.843. The number of hydrogen-bond donors (Lipinski definition) is 0. The van der Waals surface area contributed by atoms with Gasteiger partial charge >= 0.3 is 21.7 Å². The quantitative estimate of drug-likeness (QED) is 0.433. The summed E-state index contributed by atoms with van der Waals surface area (Å²) in [7, 11) is 3.50. The number of nitrogens with zero attached hydrogens (tertiary/aromatic N) is 1. The first-order chi connectivity index (χ1) is 4.81. The first-order valence-electron chi connectivity index (χ1n) is 3.16. The molecule has 0 saturated heterocycles. The van der Waals surface area contributed by atoms with Crippen molar-refractivity contribution in [1.82, 2.24) is 0 Å². The Kier molecular flexibility index (Phi) is 11.9. The average Bonchev–Trinajstić information content (AvgIpc) is 1.91. The Labute approximate surface area is 84.1 Å². The Morgan fingerprint density at radius 1 is 1.09 bits per heavy atom. The van der Waals surface area contributed by atoms with Crippen LogP contribution in [0, 0.1) is 6.92 Å². The molecular weight excluding hydrogens is 170 g/mol. The van der Waals surface area contributed by atoms with Crippen molar-refractivity contribution >= 4 is 0 Å². The summed E-state index contributed by atoms with van der Waals surface area (Å²) in [6, 6.07) is 9.87. The molecule has 0 aliphatic rings. The molecule has 0 N–H and O–H groups in total. The molecule has 58 valence electrons. The maximum absolute atomic E-state index is 3.72. The van der Waals surface area contributed by atoms with E-state index in [0.29, 0.717) is 0 Å². The Morgan fingerprint density at radius 2 is 1.45 bits per heavy atom. The smallest absolute Gasteiger partial charge is 0.668 e. The van der Waals surface area contributed by atoms with Gasteiger partial charge in [0.25, 0.3) is 0 Å². The van der Waals surface area contributed by atoms with E-state index in [1.165, 1.54) is 0 Å². The Hall–Kier alpha value is -0.236. The van der Waals surface area contributed by atoms with Crippen molar-refractivity contribution in [2.24, 2.45) is 0 Å². The SMILES string of the molecule is C[N-]C.[CH2-]c1ccccc1.[Ti+2]. The van der Waals surface area contributed by atoms with Crippen LogP contribution in [0.15, 0.2) is 30.3 Å². The number of rotatable bonds is 0. The first-order valence-corrected chi connectivity index (χ1v) is 3.16. The van der Waals surface area contributed by atoms with Gasteiger partial charge in [-0.1, -0.05) is 6.07 Å². The predicted octanol–water partition coefficient (Wildman–Crippen LogP) is 2.49. The Bertz CT molecular complexity index is 151. The molecule has 0 spiro atoms. The van der Waals surface area contributed by atoms with Gasteiger partial charge in [0.1, 0.15) is 0 Å². The summed E-state index contributed by atoms with van der Waals surface area (Å²) in [5.74, 6) is 0. The van der Waals surface area contributed by atoms with Crippen molar-refractivity contribution in [2.45, 2.75) is 0 Å². The molecule has 0 saturated carbocycles. The molecule has 2 heteroatoms. The van der Waals surface area contributed by atoms with Crippen LogP contribution in [0.3, 0.4) is 0 Å². The van der Waals surface area contributed by atoms with E-state index in [1.54, 1.807) is 14.1 Å². The minimum Gasteiger partial charge on any atom is -0.668 e. The van der Waals surface area contributed by atoms with Crippen LogP contribution in [-0.4, -0.2) is 14.1 Å². The summed E-state index contributed by atoms with van der Waals surface area (Å²) in [6.07, 6.45) is 0. The van der Waals surface area contributed by atoms with Gasteiger partial charge in [-0.2, -0.15) is 38.7 Å². The van der Waals surface area contributed by atoms with Crippen LogP contribution in [0.1, 0.15) is 5.56 Å². The standard InChI is InChI=1S/C7H7.C2H6N.Ti/c1-7-5-3-2-4-6-7;1-3-2;/h2-6H,1H2;1-2H3;/q2*-1;+2. The van der Waals surface area contributed by atoms with E-state index in [1.807, 2.05) is 30.3 Å². The number of hydrogen-bond acceptors (Lipinski definition) is 0. The first kappa shape index (κ1) is 13.4. The third-order valence-corrected chi connectivity index (χ3v) is 0.843. The van der Waals surface area contributed by atoms with E-state index in [2.05, 4.69) is 12.2 Å². The summed E-state index contributed by atoms with van der Waals surface area (Å²) < 4.78 is 0. The van der Waals surface area contributed by atoms with Gasteiger partial charge in [-0.15, -0.1) is 12.1 Å². The molecule has 1 nitrogen and oxygen atoms in total. The summed E-state index contributed by atoms with van der Waals surface area (Å²) in [6.45, 7) is 3.72. The van der Waals surface area contributed by atoms with Gasteiger partial charge < -0.3 is 5.32 Å².